The van der Waals surface area contributed by atoms with Gasteiger partial charge in [-0.05, 0) is 24.6 Å². The average Bonchev–Trinajstić information content (AvgIpc) is 2.14. The summed E-state index contributed by atoms with van der Waals surface area (Å²) >= 11 is 0. The van der Waals surface area contributed by atoms with Crippen LogP contribution >= 0.6 is 0 Å². The van der Waals surface area contributed by atoms with Gasteiger partial charge in [0.05, 0.1) is 7.11 Å². The van der Waals surface area contributed by atoms with Crippen LogP contribution in [0.1, 0.15) is 5.56 Å². The fourth-order valence-electron chi connectivity index (χ4n) is 1.07. The molecule has 0 bridgehead atoms. The molecule has 0 atom stereocenters. The summed E-state index contributed by atoms with van der Waals surface area (Å²) in [5.41, 5.74) is 1.12. The molecule has 0 radical (unpaired) electrons. The molecule has 0 saturated carbocycles. The highest BCUT2D eigenvalue weighted by Gasteiger charge is 1.98. The largest absolute Gasteiger partial charge is 0.497 e. The van der Waals surface area contributed by atoms with Crippen LogP contribution in [0.3, 0.4) is 0 Å². The normalized spacial score (nSPS) is 9.38. The molecule has 70 valence electrons. The van der Waals surface area contributed by atoms with Crippen LogP contribution in [0.15, 0.2) is 30.9 Å². The Kier molecular flexibility index (Phi) is 3.38. The smallest absolute Gasteiger partial charge is 0.123 e. The quantitative estimate of drug-likeness (QED) is 0.660. The van der Waals surface area contributed by atoms with Crippen LogP contribution in [0.25, 0.3) is 0 Å². The van der Waals surface area contributed by atoms with Crippen molar-refractivity contribution < 1.29 is 9.47 Å². The summed E-state index contributed by atoms with van der Waals surface area (Å²) in [6.45, 7) is 6.11. The van der Waals surface area contributed by atoms with Gasteiger partial charge in [0.2, 0.25) is 0 Å². The van der Waals surface area contributed by atoms with Gasteiger partial charge in [-0.25, -0.2) is 0 Å². The van der Waals surface area contributed by atoms with Gasteiger partial charge in [-0.2, -0.15) is 0 Å². The molecule has 0 N–H and O–H groups in total. The number of hydrogen-bond acceptors (Lipinski definition) is 2. The van der Waals surface area contributed by atoms with E-state index < -0.39 is 0 Å². The third-order valence-electron chi connectivity index (χ3n) is 1.63. The van der Waals surface area contributed by atoms with E-state index in [1.54, 1.807) is 13.2 Å². The second-order valence-corrected chi connectivity index (χ2v) is 2.79. The summed E-state index contributed by atoms with van der Waals surface area (Å²) < 4.78 is 10.5. The highest BCUT2D eigenvalue weighted by Crippen LogP contribution is 2.21. The first-order valence-corrected chi connectivity index (χ1v) is 4.15. The maximum absolute atomic E-state index is 5.38. The lowest BCUT2D eigenvalue weighted by Crippen LogP contribution is -1.94. The summed E-state index contributed by atoms with van der Waals surface area (Å²) in [4.78, 5) is 0. The van der Waals surface area contributed by atoms with E-state index in [2.05, 4.69) is 6.58 Å². The third kappa shape index (κ3) is 2.82. The van der Waals surface area contributed by atoms with Crippen LogP contribution in [0, 0.1) is 6.92 Å². The Morgan fingerprint density at radius 2 is 2.00 bits per heavy atom. The minimum absolute atomic E-state index is 0.520. The lowest BCUT2D eigenvalue weighted by atomic mass is 10.2. The predicted molar refractivity (Wildman–Crippen MR) is 53.4 cm³/mol. The van der Waals surface area contributed by atoms with Gasteiger partial charge in [0.15, 0.2) is 0 Å². The Hall–Kier alpha value is -1.44. The monoisotopic (exact) mass is 178 g/mol. The molecule has 2 nitrogen and oxygen atoms in total. The Bertz CT molecular complexity index is 292. The highest BCUT2D eigenvalue weighted by atomic mass is 16.5. The Morgan fingerprint density at radius 3 is 2.62 bits per heavy atom. The van der Waals surface area contributed by atoms with Crippen molar-refractivity contribution >= 4 is 0 Å². The number of hydrogen-bond donors (Lipinski definition) is 0. The number of ether oxygens (including phenoxy) is 2. The second kappa shape index (κ2) is 4.55. The molecular formula is C11H14O2. The molecule has 1 rings (SSSR count). The number of benzene rings is 1. The van der Waals surface area contributed by atoms with Gasteiger partial charge in [0, 0.05) is 6.07 Å². The van der Waals surface area contributed by atoms with Gasteiger partial charge in [-0.3, -0.25) is 0 Å². The van der Waals surface area contributed by atoms with Gasteiger partial charge >= 0.3 is 0 Å². The van der Waals surface area contributed by atoms with Crippen LogP contribution in [-0.4, -0.2) is 13.7 Å². The molecule has 1 aromatic rings. The van der Waals surface area contributed by atoms with Crippen LogP contribution in [0.5, 0.6) is 11.5 Å². The van der Waals surface area contributed by atoms with E-state index in [0.29, 0.717) is 6.61 Å². The molecule has 0 saturated heterocycles. The molecule has 0 aromatic heterocycles. The van der Waals surface area contributed by atoms with Crippen molar-refractivity contribution in [2.24, 2.45) is 0 Å². The minimum atomic E-state index is 0.520. The fraction of sp³-hybridized carbons (Fsp3) is 0.273. The van der Waals surface area contributed by atoms with Crippen molar-refractivity contribution in [1.82, 2.24) is 0 Å². The Labute approximate surface area is 78.8 Å². The van der Waals surface area contributed by atoms with Crippen molar-refractivity contribution in [2.45, 2.75) is 6.92 Å². The molecule has 0 heterocycles. The molecule has 13 heavy (non-hydrogen) atoms. The molecular weight excluding hydrogens is 164 g/mol. The maximum Gasteiger partial charge on any atom is 0.123 e. The molecule has 0 spiro atoms. The lowest BCUT2D eigenvalue weighted by Gasteiger charge is -2.06. The SMILES string of the molecule is C=CCOc1cc(C)cc(OC)c1. The first-order valence-electron chi connectivity index (χ1n) is 4.15. The van der Waals surface area contributed by atoms with Crippen LogP contribution < -0.4 is 9.47 Å². The van der Waals surface area contributed by atoms with Gasteiger partial charge < -0.3 is 9.47 Å². The number of methoxy groups -OCH3 is 1. The van der Waals surface area contributed by atoms with Gasteiger partial charge in [-0.15, -0.1) is 0 Å². The van der Waals surface area contributed by atoms with Gasteiger partial charge in [0.25, 0.3) is 0 Å². The first-order chi connectivity index (χ1) is 6.26. The molecule has 0 aliphatic rings. The standard InChI is InChI=1S/C11H14O2/c1-4-5-13-11-7-9(2)6-10(8-11)12-3/h4,6-8H,1,5H2,2-3H3. The summed E-state index contributed by atoms with van der Waals surface area (Å²) in [7, 11) is 1.64. The van der Waals surface area contributed by atoms with Crippen molar-refractivity contribution in [1.29, 1.82) is 0 Å². The second-order valence-electron chi connectivity index (χ2n) is 2.79. The molecule has 0 aliphatic carbocycles. The molecule has 0 fully saturated rings. The molecule has 0 unspecified atom stereocenters. The van der Waals surface area contributed by atoms with Gasteiger partial charge in [0.1, 0.15) is 18.1 Å². The maximum atomic E-state index is 5.38. The average molecular weight is 178 g/mol. The molecule has 2 heteroatoms. The van der Waals surface area contributed by atoms with Crippen molar-refractivity contribution in [2.75, 3.05) is 13.7 Å². The van der Waals surface area contributed by atoms with E-state index in [0.717, 1.165) is 17.1 Å². The third-order valence-corrected chi connectivity index (χ3v) is 1.63. The van der Waals surface area contributed by atoms with Crippen molar-refractivity contribution in [3.05, 3.63) is 36.4 Å². The van der Waals surface area contributed by atoms with Crippen LogP contribution in [-0.2, 0) is 0 Å². The molecule has 0 aliphatic heterocycles. The highest BCUT2D eigenvalue weighted by molar-refractivity contribution is 5.37. The molecule has 0 amide bonds. The zero-order valence-electron chi connectivity index (χ0n) is 8.04. The summed E-state index contributed by atoms with van der Waals surface area (Å²) in [6, 6.07) is 5.78. The summed E-state index contributed by atoms with van der Waals surface area (Å²) in [5, 5.41) is 0. The van der Waals surface area contributed by atoms with E-state index in [1.807, 2.05) is 25.1 Å². The summed E-state index contributed by atoms with van der Waals surface area (Å²) in [5.74, 6) is 1.64. The predicted octanol–water partition coefficient (Wildman–Crippen LogP) is 2.57. The van der Waals surface area contributed by atoms with E-state index in [1.165, 1.54) is 0 Å². The zero-order valence-corrected chi connectivity index (χ0v) is 8.04. The topological polar surface area (TPSA) is 18.5 Å². The fourth-order valence-corrected chi connectivity index (χ4v) is 1.07. The van der Waals surface area contributed by atoms with E-state index in [4.69, 9.17) is 9.47 Å². The van der Waals surface area contributed by atoms with Crippen LogP contribution in [0.2, 0.25) is 0 Å². The lowest BCUT2D eigenvalue weighted by molar-refractivity contribution is 0.356. The van der Waals surface area contributed by atoms with E-state index in [-0.39, 0.29) is 0 Å². The van der Waals surface area contributed by atoms with E-state index in [9.17, 15) is 0 Å². The molecule has 1 aromatic carbocycles. The van der Waals surface area contributed by atoms with Gasteiger partial charge in [-0.1, -0.05) is 12.7 Å². The van der Waals surface area contributed by atoms with Crippen molar-refractivity contribution in [3.8, 4) is 11.5 Å². The van der Waals surface area contributed by atoms with Crippen molar-refractivity contribution in [3.63, 3.8) is 0 Å². The zero-order chi connectivity index (χ0) is 9.68. The number of aryl methyl sites for hydroxylation is 1. The first kappa shape index (κ1) is 9.65. The van der Waals surface area contributed by atoms with Crippen LogP contribution in [0.4, 0.5) is 0 Å². The Morgan fingerprint density at radius 1 is 1.31 bits per heavy atom. The number of rotatable bonds is 4. The van der Waals surface area contributed by atoms with E-state index >= 15 is 0 Å². The minimum Gasteiger partial charge on any atom is -0.497 e. The summed E-state index contributed by atoms with van der Waals surface area (Å²) in [6.07, 6.45) is 1.72. The Balaban J connectivity index is 2.81.